The highest BCUT2D eigenvalue weighted by atomic mass is 16.3. The minimum absolute atomic E-state index is 0.293. The molecule has 6 nitrogen and oxygen atoms in total. The van der Waals surface area contributed by atoms with E-state index in [1.807, 2.05) is 0 Å². The summed E-state index contributed by atoms with van der Waals surface area (Å²) >= 11 is 0. The lowest BCUT2D eigenvalue weighted by molar-refractivity contribution is -0.535. The zero-order valence-electron chi connectivity index (χ0n) is 29.2. The number of hydrogen-bond donors (Lipinski definition) is 4. The summed E-state index contributed by atoms with van der Waals surface area (Å²) in [6, 6.07) is 21.2. The Kier molecular flexibility index (Phi) is 6.69. The van der Waals surface area contributed by atoms with Crippen LogP contribution >= 0.6 is 0 Å². The number of nitrogens with one attached hydrogen (secondary N) is 4. The second-order valence-electron chi connectivity index (χ2n) is 17.0. The zero-order chi connectivity index (χ0) is 33.3. The normalized spacial score (nSPS) is 39.8. The van der Waals surface area contributed by atoms with E-state index in [1.165, 1.54) is 0 Å². The predicted molar refractivity (Wildman–Crippen MR) is 194 cm³/mol. The van der Waals surface area contributed by atoms with Crippen LogP contribution in [0.2, 0.25) is 0 Å². The molecule has 3 fully saturated rings. The van der Waals surface area contributed by atoms with Gasteiger partial charge < -0.3 is 31.5 Å². The number of hydrogen-bond acceptors (Lipinski definition) is 6. The number of anilines is 4. The Balaban J connectivity index is 1.10. The van der Waals surface area contributed by atoms with Crippen molar-refractivity contribution in [2.24, 2.45) is 35.5 Å². The SMILES string of the molecule is CC1CC2(CC(C)C1C)Nc1cccc3ccc(C4C([O-])C(c5ccc6cccc7c6c5NC5(CC(C)C(C)C(C)C5)N7)C4[O-])c(c13)N2. The lowest BCUT2D eigenvalue weighted by atomic mass is 9.61. The summed E-state index contributed by atoms with van der Waals surface area (Å²) in [5, 5.41) is 49.5. The molecular weight excluding hydrogens is 592 g/mol. The summed E-state index contributed by atoms with van der Waals surface area (Å²) in [6.07, 6.45) is 1.94. The van der Waals surface area contributed by atoms with Crippen LogP contribution in [0.4, 0.5) is 22.7 Å². The lowest BCUT2D eigenvalue weighted by Gasteiger charge is -2.63. The van der Waals surface area contributed by atoms with Crippen molar-refractivity contribution in [1.82, 2.24) is 0 Å². The molecule has 3 aliphatic carbocycles. The van der Waals surface area contributed by atoms with Crippen LogP contribution in [0, 0.1) is 35.5 Å². The van der Waals surface area contributed by atoms with Gasteiger partial charge in [-0.15, -0.1) is 12.2 Å². The second-order valence-corrected chi connectivity index (χ2v) is 17.0. The molecule has 0 amide bonds. The average molecular weight is 643 g/mol. The monoisotopic (exact) mass is 642 g/mol. The van der Waals surface area contributed by atoms with Crippen molar-refractivity contribution in [3.8, 4) is 0 Å². The van der Waals surface area contributed by atoms with E-state index in [9.17, 15) is 10.2 Å². The van der Waals surface area contributed by atoms with Gasteiger partial charge in [0.15, 0.2) is 0 Å². The van der Waals surface area contributed by atoms with Crippen molar-refractivity contribution < 1.29 is 10.2 Å². The molecule has 48 heavy (non-hydrogen) atoms. The Bertz CT molecular complexity index is 1770. The fourth-order valence-electron chi connectivity index (χ4n) is 10.9. The summed E-state index contributed by atoms with van der Waals surface area (Å²) in [5.41, 5.74) is 5.43. The molecule has 2 spiro atoms. The van der Waals surface area contributed by atoms with E-state index in [1.54, 1.807) is 0 Å². The molecule has 4 unspecified atom stereocenters. The van der Waals surface area contributed by atoms with Crippen LogP contribution in [0.1, 0.15) is 90.2 Å². The van der Waals surface area contributed by atoms with Crippen molar-refractivity contribution in [2.75, 3.05) is 21.3 Å². The van der Waals surface area contributed by atoms with E-state index in [2.05, 4.69) is 123 Å². The van der Waals surface area contributed by atoms with Crippen LogP contribution in [0.15, 0.2) is 60.7 Å². The van der Waals surface area contributed by atoms with Gasteiger partial charge in [0.25, 0.3) is 0 Å². The highest BCUT2D eigenvalue weighted by Gasteiger charge is 2.48. The molecule has 2 heterocycles. The minimum Gasteiger partial charge on any atom is -0.851 e. The molecule has 4 N–H and O–H groups in total. The molecule has 252 valence electrons. The third kappa shape index (κ3) is 4.30. The van der Waals surface area contributed by atoms with Gasteiger partial charge in [-0.3, -0.25) is 0 Å². The van der Waals surface area contributed by atoms with Gasteiger partial charge >= 0.3 is 0 Å². The Hall–Kier alpha value is -3.48. The minimum atomic E-state index is -1.03. The molecule has 2 aliphatic heterocycles. The number of benzene rings is 4. The highest BCUT2D eigenvalue weighted by molar-refractivity contribution is 6.08. The summed E-state index contributed by atoms with van der Waals surface area (Å²) < 4.78 is 0. The van der Waals surface area contributed by atoms with Crippen LogP contribution in [0.3, 0.4) is 0 Å². The van der Waals surface area contributed by atoms with Crippen LogP contribution < -0.4 is 31.5 Å². The molecule has 0 aromatic heterocycles. The smallest absolute Gasteiger partial charge is 0.108 e. The van der Waals surface area contributed by atoms with E-state index in [0.29, 0.717) is 35.5 Å². The van der Waals surface area contributed by atoms with Crippen molar-refractivity contribution in [2.45, 2.75) is 103 Å². The van der Waals surface area contributed by atoms with Crippen LogP contribution in [-0.4, -0.2) is 23.5 Å². The van der Waals surface area contributed by atoms with Crippen molar-refractivity contribution >= 4 is 44.3 Å². The van der Waals surface area contributed by atoms with E-state index >= 15 is 0 Å². The molecule has 0 saturated heterocycles. The van der Waals surface area contributed by atoms with E-state index < -0.39 is 24.0 Å². The first-order valence-electron chi connectivity index (χ1n) is 18.5. The van der Waals surface area contributed by atoms with Gasteiger partial charge in [0, 0.05) is 33.5 Å². The highest BCUT2D eigenvalue weighted by Crippen LogP contribution is 2.56. The first kappa shape index (κ1) is 30.6. The van der Waals surface area contributed by atoms with Gasteiger partial charge in [0.1, 0.15) is 11.3 Å². The maximum atomic E-state index is 14.6. The third-order valence-corrected chi connectivity index (χ3v) is 14.0. The fraction of sp³-hybridized carbons (Fsp3) is 0.524. The van der Waals surface area contributed by atoms with Gasteiger partial charge in [0.2, 0.25) is 0 Å². The third-order valence-electron chi connectivity index (χ3n) is 14.0. The van der Waals surface area contributed by atoms with Crippen LogP contribution in [-0.2, 0) is 0 Å². The Morgan fingerprint density at radius 1 is 0.500 bits per heavy atom. The molecule has 4 aromatic carbocycles. The molecule has 4 aromatic rings. The maximum Gasteiger partial charge on any atom is 0.108 e. The quantitative estimate of drug-likeness (QED) is 0.178. The van der Waals surface area contributed by atoms with Crippen LogP contribution in [0.25, 0.3) is 21.5 Å². The number of rotatable bonds is 2. The van der Waals surface area contributed by atoms with Gasteiger partial charge in [-0.25, -0.2) is 0 Å². The molecular formula is C42H50N4O2-2. The van der Waals surface area contributed by atoms with Gasteiger partial charge in [-0.1, -0.05) is 90.1 Å². The van der Waals surface area contributed by atoms with Gasteiger partial charge in [0.05, 0.1) is 0 Å². The van der Waals surface area contributed by atoms with Crippen molar-refractivity contribution in [1.29, 1.82) is 0 Å². The molecule has 5 aliphatic rings. The summed E-state index contributed by atoms with van der Waals surface area (Å²) in [7, 11) is 0. The van der Waals surface area contributed by atoms with Crippen LogP contribution in [0.5, 0.6) is 0 Å². The maximum absolute atomic E-state index is 14.6. The van der Waals surface area contributed by atoms with E-state index in [4.69, 9.17) is 0 Å². The molecule has 4 atom stereocenters. The lowest BCUT2D eigenvalue weighted by Crippen LogP contribution is -2.64. The summed E-state index contributed by atoms with van der Waals surface area (Å²) in [4.78, 5) is 0. The standard InChI is InChI=1S/C42H50N4O2/c1-21-17-41(18-22(2)25(21)5)43-31-11-7-9-27-13-15-29(37(45-41)33(27)31)35-39(47)36(40(35)48)30-16-14-28-10-8-12-32-34(28)38(30)46-42(44-32)19-23(3)26(6)24(4)20-42/h7-16,21-26,35-36,39-40,43-46H,17-20H2,1-6H3/q-2. The zero-order valence-corrected chi connectivity index (χ0v) is 29.2. The summed E-state index contributed by atoms with van der Waals surface area (Å²) in [6.45, 7) is 14.2. The van der Waals surface area contributed by atoms with Crippen molar-refractivity contribution in [3.05, 3.63) is 71.8 Å². The fourth-order valence-corrected chi connectivity index (χ4v) is 10.9. The van der Waals surface area contributed by atoms with E-state index in [-0.39, 0.29) is 11.3 Å². The molecule has 0 bridgehead atoms. The Morgan fingerprint density at radius 2 is 0.875 bits per heavy atom. The average Bonchev–Trinajstić information content (AvgIpc) is 3.05. The first-order valence-corrected chi connectivity index (χ1v) is 18.5. The van der Waals surface area contributed by atoms with Crippen molar-refractivity contribution in [3.63, 3.8) is 0 Å². The molecule has 0 radical (unpaired) electrons. The summed E-state index contributed by atoms with van der Waals surface area (Å²) in [5.74, 6) is 2.27. The Morgan fingerprint density at radius 3 is 1.25 bits per heavy atom. The first-order chi connectivity index (χ1) is 23.0. The van der Waals surface area contributed by atoms with E-state index in [0.717, 1.165) is 81.1 Å². The van der Waals surface area contributed by atoms with Gasteiger partial charge in [-0.2, -0.15) is 0 Å². The topological polar surface area (TPSA) is 94.2 Å². The molecule has 9 rings (SSSR count). The van der Waals surface area contributed by atoms with Gasteiger partial charge in [-0.05, 0) is 107 Å². The Labute approximate surface area is 285 Å². The second kappa shape index (κ2) is 10.5. The molecule has 3 saturated carbocycles. The predicted octanol–water partition coefficient (Wildman–Crippen LogP) is 7.80. The largest absolute Gasteiger partial charge is 0.851 e. The molecule has 6 heteroatoms.